The molecule has 0 fully saturated rings. The van der Waals surface area contributed by atoms with Gasteiger partial charge in [-0.3, -0.25) is 4.79 Å². The van der Waals surface area contributed by atoms with E-state index in [9.17, 15) is 4.79 Å². The standard InChI is InChI=1S/C17H15ClN2OS2/c1-11-20-17(14-3-2-8-22-14)15(23-11)9-16(21)19-10-12-4-6-13(18)7-5-12/h2-8H,9-10H2,1H3,(H,19,21). The summed E-state index contributed by atoms with van der Waals surface area (Å²) < 4.78 is 0. The van der Waals surface area contributed by atoms with Crippen LogP contribution in [-0.4, -0.2) is 10.9 Å². The number of halogens is 1. The maximum Gasteiger partial charge on any atom is 0.225 e. The summed E-state index contributed by atoms with van der Waals surface area (Å²) in [6, 6.07) is 11.5. The van der Waals surface area contributed by atoms with E-state index in [0.29, 0.717) is 18.0 Å². The van der Waals surface area contributed by atoms with Gasteiger partial charge in [-0.25, -0.2) is 4.98 Å². The maximum absolute atomic E-state index is 12.2. The first-order valence-electron chi connectivity index (χ1n) is 7.13. The molecule has 0 aliphatic heterocycles. The van der Waals surface area contributed by atoms with Crippen LogP contribution in [0, 0.1) is 6.92 Å². The lowest BCUT2D eigenvalue weighted by molar-refractivity contribution is -0.120. The van der Waals surface area contributed by atoms with E-state index in [4.69, 9.17) is 11.6 Å². The van der Waals surface area contributed by atoms with Crippen LogP contribution in [-0.2, 0) is 17.8 Å². The number of nitrogens with zero attached hydrogens (tertiary/aromatic N) is 1. The number of benzene rings is 1. The van der Waals surface area contributed by atoms with Crippen LogP contribution in [0.5, 0.6) is 0 Å². The molecule has 2 heterocycles. The second kappa shape index (κ2) is 7.25. The van der Waals surface area contributed by atoms with Crippen LogP contribution < -0.4 is 5.32 Å². The van der Waals surface area contributed by atoms with E-state index < -0.39 is 0 Å². The summed E-state index contributed by atoms with van der Waals surface area (Å²) in [6.45, 7) is 2.47. The lowest BCUT2D eigenvalue weighted by Gasteiger charge is -2.05. The predicted octanol–water partition coefficient (Wildman–Crippen LogP) is 4.69. The van der Waals surface area contributed by atoms with Gasteiger partial charge in [0.05, 0.1) is 22.0 Å². The van der Waals surface area contributed by atoms with E-state index in [1.807, 2.05) is 48.7 Å². The molecule has 6 heteroatoms. The molecule has 0 saturated carbocycles. The molecule has 3 aromatic rings. The minimum absolute atomic E-state index is 0.00130. The van der Waals surface area contributed by atoms with E-state index in [0.717, 1.165) is 26.0 Å². The Morgan fingerprint density at radius 3 is 2.74 bits per heavy atom. The van der Waals surface area contributed by atoms with Crippen LogP contribution in [0.1, 0.15) is 15.4 Å². The van der Waals surface area contributed by atoms with E-state index in [1.54, 1.807) is 22.7 Å². The Bertz CT molecular complexity index is 795. The number of amides is 1. The van der Waals surface area contributed by atoms with Crippen molar-refractivity contribution in [3.8, 4) is 10.6 Å². The quantitative estimate of drug-likeness (QED) is 0.715. The summed E-state index contributed by atoms with van der Waals surface area (Å²) in [4.78, 5) is 18.9. The molecule has 0 saturated heterocycles. The lowest BCUT2D eigenvalue weighted by Crippen LogP contribution is -2.24. The highest BCUT2D eigenvalue weighted by atomic mass is 35.5. The second-order valence-electron chi connectivity index (χ2n) is 5.06. The highest BCUT2D eigenvalue weighted by molar-refractivity contribution is 7.15. The Labute approximate surface area is 148 Å². The van der Waals surface area contributed by atoms with Crippen LogP contribution >= 0.6 is 34.3 Å². The fraction of sp³-hybridized carbons (Fsp3) is 0.176. The number of aryl methyl sites for hydroxylation is 1. The molecule has 0 atom stereocenters. The minimum atomic E-state index is 0.00130. The highest BCUT2D eigenvalue weighted by Gasteiger charge is 2.15. The molecule has 3 rings (SSSR count). The molecular formula is C17H15ClN2OS2. The zero-order valence-corrected chi connectivity index (χ0v) is 14.9. The van der Waals surface area contributed by atoms with Gasteiger partial charge in [0, 0.05) is 16.4 Å². The highest BCUT2D eigenvalue weighted by Crippen LogP contribution is 2.31. The van der Waals surface area contributed by atoms with E-state index in [2.05, 4.69) is 10.3 Å². The third-order valence-electron chi connectivity index (χ3n) is 3.28. The van der Waals surface area contributed by atoms with Crippen LogP contribution in [0.3, 0.4) is 0 Å². The Hall–Kier alpha value is -1.69. The fourth-order valence-electron chi connectivity index (χ4n) is 2.21. The summed E-state index contributed by atoms with van der Waals surface area (Å²) in [5, 5.41) is 6.65. The Kier molecular flexibility index (Phi) is 5.10. The summed E-state index contributed by atoms with van der Waals surface area (Å²) in [6.07, 6.45) is 0.354. The Morgan fingerprint density at radius 1 is 1.26 bits per heavy atom. The molecule has 2 aromatic heterocycles. The van der Waals surface area contributed by atoms with Crippen molar-refractivity contribution in [1.82, 2.24) is 10.3 Å². The molecule has 0 unspecified atom stereocenters. The molecule has 1 N–H and O–H groups in total. The van der Waals surface area contributed by atoms with Crippen LogP contribution in [0.15, 0.2) is 41.8 Å². The van der Waals surface area contributed by atoms with Gasteiger partial charge >= 0.3 is 0 Å². The summed E-state index contributed by atoms with van der Waals surface area (Å²) in [7, 11) is 0. The third-order valence-corrected chi connectivity index (χ3v) is 5.38. The zero-order chi connectivity index (χ0) is 16.2. The smallest absolute Gasteiger partial charge is 0.225 e. The average molecular weight is 363 g/mol. The van der Waals surface area contributed by atoms with Gasteiger partial charge in [0.25, 0.3) is 0 Å². The van der Waals surface area contributed by atoms with Gasteiger partial charge in [-0.05, 0) is 36.1 Å². The molecular weight excluding hydrogens is 348 g/mol. The van der Waals surface area contributed by atoms with Crippen LogP contribution in [0.25, 0.3) is 10.6 Å². The summed E-state index contributed by atoms with van der Waals surface area (Å²) in [5.74, 6) is 0.00130. The number of rotatable bonds is 5. The topological polar surface area (TPSA) is 42.0 Å². The van der Waals surface area contributed by atoms with Crippen molar-refractivity contribution in [2.45, 2.75) is 19.9 Å². The molecule has 0 radical (unpaired) electrons. The van der Waals surface area contributed by atoms with Gasteiger partial charge in [-0.15, -0.1) is 22.7 Å². The van der Waals surface area contributed by atoms with Crippen molar-refractivity contribution in [2.75, 3.05) is 0 Å². The number of thiazole rings is 1. The minimum Gasteiger partial charge on any atom is -0.352 e. The first kappa shape index (κ1) is 16.2. The SMILES string of the molecule is Cc1nc(-c2cccs2)c(CC(=O)NCc2ccc(Cl)cc2)s1. The van der Waals surface area contributed by atoms with Gasteiger partial charge in [-0.1, -0.05) is 29.8 Å². The predicted molar refractivity (Wildman–Crippen MR) is 97.2 cm³/mol. The second-order valence-corrected chi connectivity index (χ2v) is 7.73. The Morgan fingerprint density at radius 2 is 2.04 bits per heavy atom. The molecule has 0 spiro atoms. The van der Waals surface area contributed by atoms with Gasteiger partial charge < -0.3 is 5.32 Å². The first-order valence-corrected chi connectivity index (χ1v) is 9.20. The third kappa shape index (κ3) is 4.19. The largest absolute Gasteiger partial charge is 0.352 e. The maximum atomic E-state index is 12.2. The number of thiophene rings is 1. The number of hydrogen-bond donors (Lipinski definition) is 1. The lowest BCUT2D eigenvalue weighted by atomic mass is 10.2. The molecule has 3 nitrogen and oxygen atoms in total. The van der Waals surface area contributed by atoms with Gasteiger partial charge in [0.15, 0.2) is 0 Å². The van der Waals surface area contributed by atoms with Crippen molar-refractivity contribution in [1.29, 1.82) is 0 Å². The van der Waals surface area contributed by atoms with E-state index in [-0.39, 0.29) is 5.91 Å². The Balaban J connectivity index is 1.65. The number of hydrogen-bond acceptors (Lipinski definition) is 4. The number of carbonyl (C=O) groups is 1. The van der Waals surface area contributed by atoms with E-state index in [1.165, 1.54) is 0 Å². The fourth-order valence-corrected chi connectivity index (χ4v) is 4.09. The monoisotopic (exact) mass is 362 g/mol. The van der Waals surface area contributed by atoms with E-state index >= 15 is 0 Å². The van der Waals surface area contributed by atoms with Crippen molar-refractivity contribution in [3.63, 3.8) is 0 Å². The molecule has 118 valence electrons. The van der Waals surface area contributed by atoms with Crippen molar-refractivity contribution < 1.29 is 4.79 Å². The molecule has 1 aromatic carbocycles. The number of carbonyl (C=O) groups excluding carboxylic acids is 1. The van der Waals surface area contributed by atoms with Gasteiger partial charge in [0.2, 0.25) is 5.91 Å². The summed E-state index contributed by atoms with van der Waals surface area (Å²) >= 11 is 9.08. The summed E-state index contributed by atoms with van der Waals surface area (Å²) in [5.41, 5.74) is 1.96. The molecule has 23 heavy (non-hydrogen) atoms. The van der Waals surface area contributed by atoms with Crippen molar-refractivity contribution in [2.24, 2.45) is 0 Å². The first-order chi connectivity index (χ1) is 11.1. The van der Waals surface area contributed by atoms with Crippen LogP contribution in [0.2, 0.25) is 5.02 Å². The van der Waals surface area contributed by atoms with Crippen molar-refractivity contribution >= 4 is 40.2 Å². The average Bonchev–Trinajstić information content (AvgIpc) is 3.16. The normalized spacial score (nSPS) is 10.7. The van der Waals surface area contributed by atoms with Crippen molar-refractivity contribution in [3.05, 3.63) is 62.2 Å². The molecule has 1 amide bonds. The zero-order valence-electron chi connectivity index (χ0n) is 12.5. The molecule has 0 bridgehead atoms. The van der Waals surface area contributed by atoms with Gasteiger partial charge in [0.1, 0.15) is 0 Å². The van der Waals surface area contributed by atoms with Gasteiger partial charge in [-0.2, -0.15) is 0 Å². The number of nitrogens with one attached hydrogen (secondary N) is 1. The molecule has 0 aliphatic carbocycles. The van der Waals surface area contributed by atoms with Crippen LogP contribution in [0.4, 0.5) is 0 Å². The molecule has 0 aliphatic rings. The number of aromatic nitrogens is 1.